The number of carbonyl (C=O) groups excluding carboxylic acids is 1. The molecule has 0 saturated carbocycles. The predicted octanol–water partition coefficient (Wildman–Crippen LogP) is 3.28. The zero-order chi connectivity index (χ0) is 14.2. The molecule has 0 fully saturated rings. The summed E-state index contributed by atoms with van der Waals surface area (Å²) in [6, 6.07) is 0. The molecule has 0 unspecified atom stereocenters. The van der Waals surface area contributed by atoms with Gasteiger partial charge in [0, 0.05) is 13.0 Å². The molecule has 0 atom stereocenters. The number of amides is 1. The van der Waals surface area contributed by atoms with E-state index in [0.29, 0.717) is 12.2 Å². The molecule has 0 aromatic heterocycles. The first-order valence-electron chi connectivity index (χ1n) is 7.89. The molecule has 0 aliphatic heterocycles. The van der Waals surface area contributed by atoms with E-state index in [1.807, 2.05) is 0 Å². The molecule has 0 bridgehead atoms. The average molecular weight is 289 g/mol. The summed E-state index contributed by atoms with van der Waals surface area (Å²) >= 11 is 4.03. The van der Waals surface area contributed by atoms with Gasteiger partial charge in [0.05, 0.1) is 0 Å². The maximum atomic E-state index is 11.2. The third-order valence-electron chi connectivity index (χ3n) is 3.29. The highest BCUT2D eigenvalue weighted by Gasteiger charge is 1.97. The molecule has 4 heteroatoms. The van der Waals surface area contributed by atoms with Crippen LogP contribution in [0.2, 0.25) is 0 Å². The summed E-state index contributed by atoms with van der Waals surface area (Å²) in [6.45, 7) is 1.66. The van der Waals surface area contributed by atoms with E-state index in [2.05, 4.69) is 17.9 Å². The zero-order valence-corrected chi connectivity index (χ0v) is 13.2. The molecule has 0 rings (SSSR count). The molecule has 19 heavy (non-hydrogen) atoms. The lowest BCUT2D eigenvalue weighted by molar-refractivity contribution is -0.120. The van der Waals surface area contributed by atoms with Gasteiger partial charge in [-0.15, -0.1) is 0 Å². The van der Waals surface area contributed by atoms with E-state index in [0.717, 1.165) is 19.5 Å². The zero-order valence-electron chi connectivity index (χ0n) is 12.3. The largest absolute Gasteiger partial charge is 0.356 e. The number of thiol groups is 1. The molecule has 0 radical (unpaired) electrons. The number of carbonyl (C=O) groups is 1. The topological polar surface area (TPSA) is 55.1 Å². The number of nitrogens with two attached hydrogens (primary N) is 1. The fourth-order valence-corrected chi connectivity index (χ4v) is 2.30. The highest BCUT2D eigenvalue weighted by Crippen LogP contribution is 2.10. The maximum Gasteiger partial charge on any atom is 0.220 e. The minimum atomic E-state index is 0.132. The van der Waals surface area contributed by atoms with Crippen LogP contribution in [0.4, 0.5) is 0 Å². The Morgan fingerprint density at radius 3 is 1.79 bits per heavy atom. The Hall–Kier alpha value is -0.220. The monoisotopic (exact) mass is 288 g/mol. The summed E-state index contributed by atoms with van der Waals surface area (Å²) in [4.78, 5) is 11.2. The van der Waals surface area contributed by atoms with Gasteiger partial charge in [0.2, 0.25) is 5.91 Å². The molecule has 0 heterocycles. The summed E-state index contributed by atoms with van der Waals surface area (Å²) < 4.78 is 0. The van der Waals surface area contributed by atoms with Crippen molar-refractivity contribution in [1.29, 1.82) is 0 Å². The standard InChI is InChI=1S/C15H32N2OS/c16-12-9-7-5-3-1-2-4-6-8-10-13-17-15(18)11-14-19/h19H,1-14,16H2,(H,17,18). The fourth-order valence-electron chi connectivity index (χ4n) is 2.10. The SMILES string of the molecule is NCCCCCCCCCCCCNC(=O)CCS. The van der Waals surface area contributed by atoms with Crippen LogP contribution in [0, 0.1) is 0 Å². The van der Waals surface area contributed by atoms with Gasteiger partial charge < -0.3 is 11.1 Å². The molecule has 0 aromatic carbocycles. The lowest BCUT2D eigenvalue weighted by Gasteiger charge is -2.04. The van der Waals surface area contributed by atoms with Crippen LogP contribution in [0.1, 0.15) is 70.6 Å². The fraction of sp³-hybridized carbons (Fsp3) is 0.933. The lowest BCUT2D eigenvalue weighted by Crippen LogP contribution is -2.24. The van der Waals surface area contributed by atoms with Gasteiger partial charge in [0.25, 0.3) is 0 Å². The van der Waals surface area contributed by atoms with Gasteiger partial charge in [-0.25, -0.2) is 0 Å². The van der Waals surface area contributed by atoms with Crippen LogP contribution in [-0.4, -0.2) is 24.7 Å². The third-order valence-corrected chi connectivity index (χ3v) is 3.52. The Kier molecular flexibility index (Phi) is 15.7. The van der Waals surface area contributed by atoms with Gasteiger partial charge in [0.1, 0.15) is 0 Å². The van der Waals surface area contributed by atoms with Crippen LogP contribution in [0.5, 0.6) is 0 Å². The van der Waals surface area contributed by atoms with Crippen molar-refractivity contribution in [3.63, 3.8) is 0 Å². The first-order chi connectivity index (χ1) is 9.31. The number of nitrogens with one attached hydrogen (secondary N) is 1. The molecular weight excluding hydrogens is 256 g/mol. The summed E-state index contributed by atoms with van der Waals surface area (Å²) in [6.07, 6.45) is 13.4. The Bertz CT molecular complexity index is 201. The van der Waals surface area contributed by atoms with Gasteiger partial charge >= 0.3 is 0 Å². The third kappa shape index (κ3) is 15.7. The van der Waals surface area contributed by atoms with Crippen molar-refractivity contribution in [2.24, 2.45) is 5.73 Å². The molecule has 0 spiro atoms. The van der Waals surface area contributed by atoms with E-state index in [-0.39, 0.29) is 5.91 Å². The predicted molar refractivity (Wildman–Crippen MR) is 86.7 cm³/mol. The van der Waals surface area contributed by atoms with Gasteiger partial charge in [-0.05, 0) is 25.1 Å². The van der Waals surface area contributed by atoms with Crippen LogP contribution in [-0.2, 0) is 4.79 Å². The summed E-state index contributed by atoms with van der Waals surface area (Å²) in [5.41, 5.74) is 5.45. The molecular formula is C15H32N2OS. The van der Waals surface area contributed by atoms with E-state index in [4.69, 9.17) is 5.73 Å². The van der Waals surface area contributed by atoms with E-state index in [9.17, 15) is 4.79 Å². The second-order valence-corrected chi connectivity index (χ2v) is 5.59. The van der Waals surface area contributed by atoms with Crippen LogP contribution in [0.3, 0.4) is 0 Å². The number of unbranched alkanes of at least 4 members (excludes halogenated alkanes) is 9. The Morgan fingerprint density at radius 2 is 1.32 bits per heavy atom. The van der Waals surface area contributed by atoms with E-state index in [1.54, 1.807) is 0 Å². The highest BCUT2D eigenvalue weighted by atomic mass is 32.1. The Balaban J connectivity index is 3.01. The van der Waals surface area contributed by atoms with Crippen molar-refractivity contribution >= 4 is 18.5 Å². The minimum absolute atomic E-state index is 0.132. The van der Waals surface area contributed by atoms with Crippen molar-refractivity contribution < 1.29 is 4.79 Å². The maximum absolute atomic E-state index is 11.2. The summed E-state index contributed by atoms with van der Waals surface area (Å²) in [5.74, 6) is 0.768. The van der Waals surface area contributed by atoms with Crippen molar-refractivity contribution in [3.8, 4) is 0 Å². The minimum Gasteiger partial charge on any atom is -0.356 e. The first kappa shape index (κ1) is 18.8. The second-order valence-electron chi connectivity index (χ2n) is 5.15. The van der Waals surface area contributed by atoms with Crippen molar-refractivity contribution in [1.82, 2.24) is 5.32 Å². The second kappa shape index (κ2) is 15.8. The van der Waals surface area contributed by atoms with Gasteiger partial charge in [-0.3, -0.25) is 4.79 Å². The number of hydrogen-bond acceptors (Lipinski definition) is 3. The summed E-state index contributed by atoms with van der Waals surface area (Å²) in [7, 11) is 0. The molecule has 1 amide bonds. The molecule has 0 aromatic rings. The van der Waals surface area contributed by atoms with Crippen molar-refractivity contribution in [3.05, 3.63) is 0 Å². The molecule has 3 N–H and O–H groups in total. The van der Waals surface area contributed by atoms with Crippen LogP contribution < -0.4 is 11.1 Å². The Labute approximate surface area is 124 Å². The summed E-state index contributed by atoms with van der Waals surface area (Å²) in [5, 5.41) is 2.92. The van der Waals surface area contributed by atoms with Crippen molar-refractivity contribution in [2.45, 2.75) is 70.6 Å². The van der Waals surface area contributed by atoms with Crippen LogP contribution in [0.25, 0.3) is 0 Å². The molecule has 0 aliphatic carbocycles. The van der Waals surface area contributed by atoms with Gasteiger partial charge in [0.15, 0.2) is 0 Å². The average Bonchev–Trinajstić information content (AvgIpc) is 2.40. The van der Waals surface area contributed by atoms with Gasteiger partial charge in [-0.2, -0.15) is 12.6 Å². The quantitative estimate of drug-likeness (QED) is 0.339. The first-order valence-corrected chi connectivity index (χ1v) is 8.52. The highest BCUT2D eigenvalue weighted by molar-refractivity contribution is 7.80. The van der Waals surface area contributed by atoms with Crippen LogP contribution >= 0.6 is 12.6 Å². The van der Waals surface area contributed by atoms with Gasteiger partial charge in [-0.1, -0.05) is 51.4 Å². The molecule has 0 aliphatic rings. The van der Waals surface area contributed by atoms with E-state index >= 15 is 0 Å². The van der Waals surface area contributed by atoms with E-state index < -0.39 is 0 Å². The van der Waals surface area contributed by atoms with Crippen LogP contribution in [0.15, 0.2) is 0 Å². The smallest absolute Gasteiger partial charge is 0.220 e. The molecule has 3 nitrogen and oxygen atoms in total. The van der Waals surface area contributed by atoms with Crippen molar-refractivity contribution in [2.75, 3.05) is 18.8 Å². The Morgan fingerprint density at radius 1 is 0.842 bits per heavy atom. The lowest BCUT2D eigenvalue weighted by atomic mass is 10.1. The number of hydrogen-bond donors (Lipinski definition) is 3. The van der Waals surface area contributed by atoms with E-state index in [1.165, 1.54) is 57.8 Å². The molecule has 0 saturated heterocycles. The number of rotatable bonds is 14. The molecule has 114 valence electrons. The normalized spacial score (nSPS) is 10.6.